The molecule has 0 fully saturated rings. The number of para-hydroxylation sites is 1. The van der Waals surface area contributed by atoms with Crippen molar-refractivity contribution in [3.05, 3.63) is 59.8 Å². The van der Waals surface area contributed by atoms with Crippen molar-refractivity contribution in [1.82, 2.24) is 0 Å². The smallest absolute Gasteiger partial charge is 0.254 e. The first-order valence-corrected chi connectivity index (χ1v) is 9.67. The van der Waals surface area contributed by atoms with Crippen LogP contribution in [-0.4, -0.2) is 37.4 Å². The van der Waals surface area contributed by atoms with Crippen LogP contribution in [0.25, 0.3) is 23.1 Å². The Bertz CT molecular complexity index is 1140. The van der Waals surface area contributed by atoms with Gasteiger partial charge in [-0.25, -0.2) is 8.42 Å². The second-order valence-corrected chi connectivity index (χ2v) is 7.02. The Labute approximate surface area is 168 Å². The molecule has 0 saturated heterocycles. The Morgan fingerprint density at radius 3 is 2.31 bits per heavy atom. The van der Waals surface area contributed by atoms with Crippen LogP contribution in [0.15, 0.2) is 48.5 Å². The fraction of sp³-hybridized carbons (Fsp3) is 0.150. The third-order valence-corrected chi connectivity index (χ3v) is 4.46. The number of aromatic nitrogens is 1. The zero-order valence-corrected chi connectivity index (χ0v) is 16.9. The number of aryl methyl sites for hydroxylation is 1. The summed E-state index contributed by atoms with van der Waals surface area (Å²) in [5.74, 6) is 0.810. The van der Waals surface area contributed by atoms with Gasteiger partial charge in [-0.1, -0.05) is 12.1 Å². The van der Waals surface area contributed by atoms with Gasteiger partial charge in [0.05, 0.1) is 19.6 Å². The Morgan fingerprint density at radius 1 is 1.00 bits per heavy atom. The summed E-state index contributed by atoms with van der Waals surface area (Å²) in [6.45, 7) is 0. The highest BCUT2D eigenvalue weighted by Crippen LogP contribution is 2.27. The van der Waals surface area contributed by atoms with E-state index in [2.05, 4.69) is 4.18 Å². The van der Waals surface area contributed by atoms with E-state index in [1.807, 2.05) is 54.1 Å². The van der Waals surface area contributed by atoms with Crippen molar-refractivity contribution in [2.75, 3.05) is 14.2 Å². The summed E-state index contributed by atoms with van der Waals surface area (Å²) < 4.78 is 38.1. The summed E-state index contributed by atoms with van der Waals surface area (Å²) in [4.78, 5) is 0. The molecule has 0 radical (unpaired) electrons. The summed E-state index contributed by atoms with van der Waals surface area (Å²) in [6.07, 6.45) is 3.89. The molecule has 1 heterocycles. The van der Waals surface area contributed by atoms with Gasteiger partial charge in [0, 0.05) is 12.1 Å². The molecule has 1 aromatic heterocycles. The number of phenols is 2. The van der Waals surface area contributed by atoms with Gasteiger partial charge in [-0.3, -0.25) is 4.18 Å². The molecule has 29 heavy (non-hydrogen) atoms. The molecule has 0 aliphatic heterocycles. The first kappa shape index (κ1) is 22.2. The van der Waals surface area contributed by atoms with Crippen LogP contribution >= 0.6 is 0 Å². The van der Waals surface area contributed by atoms with Crippen molar-refractivity contribution in [3.63, 3.8) is 0 Å². The van der Waals surface area contributed by atoms with Gasteiger partial charge in [0.1, 0.15) is 7.05 Å². The Balaban J connectivity index is 0.000000438. The first-order valence-electron chi connectivity index (χ1n) is 8.33. The number of ether oxygens (including phenoxy) is 1. The molecule has 0 spiro atoms. The number of hydrogen-bond acceptors (Lipinski definition) is 7. The molecule has 0 bridgehead atoms. The van der Waals surface area contributed by atoms with Crippen molar-refractivity contribution in [3.8, 4) is 17.2 Å². The van der Waals surface area contributed by atoms with E-state index in [0.717, 1.165) is 29.3 Å². The van der Waals surface area contributed by atoms with Crippen LogP contribution in [0, 0.1) is 0 Å². The summed E-state index contributed by atoms with van der Waals surface area (Å²) in [5.41, 5.74) is 2.65. The van der Waals surface area contributed by atoms with Crippen LogP contribution in [0.2, 0.25) is 0 Å². The zero-order valence-electron chi connectivity index (χ0n) is 16.1. The van der Waals surface area contributed by atoms with Crippen LogP contribution in [0.5, 0.6) is 17.2 Å². The molecule has 0 unspecified atom stereocenters. The van der Waals surface area contributed by atoms with Gasteiger partial charge in [0.25, 0.3) is 5.52 Å². The van der Waals surface area contributed by atoms with E-state index in [4.69, 9.17) is 4.74 Å². The standard InChI is InChI=1S/C19H17NO3.CH4O4S/c1-20-15(10-8-14-4-3-5-17(22)19(14)20)9-6-13-7-11-16(21)18(12-13)23-2;1-5-6(2,3)4/h3-12,22H,1-2H3;1H3,(H,2,3,4). The number of hydrogen-bond donors (Lipinski definition) is 2. The quantitative estimate of drug-likeness (QED) is 0.378. The van der Waals surface area contributed by atoms with Crippen molar-refractivity contribution < 1.29 is 36.7 Å². The molecule has 8 nitrogen and oxygen atoms in total. The Morgan fingerprint density at radius 2 is 1.69 bits per heavy atom. The molecule has 0 aliphatic carbocycles. The highest BCUT2D eigenvalue weighted by atomic mass is 32.3. The van der Waals surface area contributed by atoms with Gasteiger partial charge in [-0.15, -0.1) is 0 Å². The summed E-state index contributed by atoms with van der Waals surface area (Å²) in [7, 11) is -0.166. The highest BCUT2D eigenvalue weighted by molar-refractivity contribution is 7.80. The molecule has 154 valence electrons. The Hall–Kier alpha value is -3.14. The first-order chi connectivity index (χ1) is 13.7. The lowest BCUT2D eigenvalue weighted by Crippen LogP contribution is -2.32. The van der Waals surface area contributed by atoms with Gasteiger partial charge in [0.15, 0.2) is 17.2 Å². The van der Waals surface area contributed by atoms with E-state index in [1.54, 1.807) is 18.2 Å². The molecular formula is C20H21NO7S. The average Bonchev–Trinajstić information content (AvgIpc) is 2.68. The van der Waals surface area contributed by atoms with Crippen LogP contribution in [0.1, 0.15) is 11.3 Å². The van der Waals surface area contributed by atoms with E-state index in [9.17, 15) is 23.2 Å². The molecule has 0 amide bonds. The van der Waals surface area contributed by atoms with Gasteiger partial charge in [-0.05, 0) is 42.0 Å². The SMILES string of the molecule is COS(=O)(=O)[O-].COc1cc(C=Cc2ccc3cccc(O)c3[n+]2C)ccc1O. The molecule has 3 rings (SSSR count). The number of benzene rings is 2. The highest BCUT2D eigenvalue weighted by Gasteiger charge is 2.13. The third-order valence-electron chi connectivity index (χ3n) is 4.06. The van der Waals surface area contributed by atoms with Gasteiger partial charge in [-0.2, -0.15) is 4.57 Å². The maximum atomic E-state index is 10.1. The summed E-state index contributed by atoms with van der Waals surface area (Å²) >= 11 is 0. The van der Waals surface area contributed by atoms with Crippen molar-refractivity contribution >= 4 is 33.5 Å². The molecular weight excluding hydrogens is 398 g/mol. The zero-order chi connectivity index (χ0) is 21.6. The largest absolute Gasteiger partial charge is 0.726 e. The number of rotatable bonds is 4. The molecule has 0 saturated carbocycles. The average molecular weight is 419 g/mol. The molecule has 3 aromatic rings. The van der Waals surface area contributed by atoms with Crippen molar-refractivity contribution in [2.24, 2.45) is 7.05 Å². The predicted octanol–water partition coefficient (Wildman–Crippen LogP) is 2.35. The lowest BCUT2D eigenvalue weighted by molar-refractivity contribution is -0.646. The van der Waals surface area contributed by atoms with E-state index in [0.29, 0.717) is 5.75 Å². The normalized spacial score (nSPS) is 11.3. The number of nitrogens with zero attached hydrogens (tertiary/aromatic N) is 1. The second kappa shape index (κ2) is 9.37. The van der Waals surface area contributed by atoms with E-state index >= 15 is 0 Å². The van der Waals surface area contributed by atoms with Gasteiger partial charge in [0.2, 0.25) is 16.1 Å². The third kappa shape index (κ3) is 5.92. The van der Waals surface area contributed by atoms with Crippen LogP contribution in [0.4, 0.5) is 0 Å². The molecule has 2 aromatic carbocycles. The van der Waals surface area contributed by atoms with Crippen LogP contribution in [-0.2, 0) is 21.6 Å². The minimum atomic E-state index is -4.41. The minimum absolute atomic E-state index is 0.117. The van der Waals surface area contributed by atoms with Crippen LogP contribution in [0.3, 0.4) is 0 Å². The summed E-state index contributed by atoms with van der Waals surface area (Å²) in [6, 6.07) is 14.6. The predicted molar refractivity (Wildman–Crippen MR) is 107 cm³/mol. The maximum Gasteiger partial charge on any atom is 0.254 e. The number of fused-ring (bicyclic) bond motifs is 1. The van der Waals surface area contributed by atoms with Crippen molar-refractivity contribution in [2.45, 2.75) is 0 Å². The molecule has 9 heteroatoms. The van der Waals surface area contributed by atoms with Crippen molar-refractivity contribution in [1.29, 1.82) is 0 Å². The second-order valence-electron chi connectivity index (χ2n) is 5.87. The Kier molecular flexibility index (Phi) is 7.16. The number of methoxy groups -OCH3 is 1. The van der Waals surface area contributed by atoms with Gasteiger partial charge >= 0.3 is 0 Å². The monoisotopic (exact) mass is 419 g/mol. The lowest BCUT2D eigenvalue weighted by Gasteiger charge is -2.04. The number of pyridine rings is 1. The molecule has 0 aliphatic rings. The minimum Gasteiger partial charge on any atom is -0.726 e. The van der Waals surface area contributed by atoms with E-state index in [-0.39, 0.29) is 11.5 Å². The lowest BCUT2D eigenvalue weighted by atomic mass is 10.1. The summed E-state index contributed by atoms with van der Waals surface area (Å²) in [5, 5.41) is 20.7. The maximum absolute atomic E-state index is 10.1. The fourth-order valence-electron chi connectivity index (χ4n) is 2.61. The number of phenolic OH excluding ortho intramolecular Hbond substituents is 2. The topological polar surface area (TPSA) is 120 Å². The van der Waals surface area contributed by atoms with E-state index in [1.165, 1.54) is 7.11 Å². The fourth-order valence-corrected chi connectivity index (χ4v) is 2.61. The van der Waals surface area contributed by atoms with Gasteiger partial charge < -0.3 is 19.5 Å². The molecule has 0 atom stereocenters. The molecule has 2 N–H and O–H groups in total. The van der Waals surface area contributed by atoms with E-state index < -0.39 is 10.4 Å². The number of aromatic hydroxyl groups is 2. The van der Waals surface area contributed by atoms with Crippen LogP contribution < -0.4 is 9.30 Å².